The number of benzene rings is 1. The molecule has 0 bridgehead atoms. The average Bonchev–Trinajstić information content (AvgIpc) is 2.69. The SMILES string of the molecule is Cc1cc(C)c2[nH]c(C)c(CC3CCCCN3)c2c1. The lowest BCUT2D eigenvalue weighted by Gasteiger charge is -2.23. The summed E-state index contributed by atoms with van der Waals surface area (Å²) >= 11 is 0. The van der Waals surface area contributed by atoms with E-state index < -0.39 is 0 Å². The van der Waals surface area contributed by atoms with Crippen LogP contribution in [0.2, 0.25) is 0 Å². The molecule has 0 saturated carbocycles. The Morgan fingerprint density at radius 2 is 2.00 bits per heavy atom. The second-order valence-corrected chi connectivity index (χ2v) is 6.08. The maximum Gasteiger partial charge on any atom is 0.0488 e. The van der Waals surface area contributed by atoms with E-state index in [1.807, 2.05) is 0 Å². The van der Waals surface area contributed by atoms with Crippen LogP contribution in [0.1, 0.15) is 41.6 Å². The van der Waals surface area contributed by atoms with Crippen molar-refractivity contribution in [3.63, 3.8) is 0 Å². The van der Waals surface area contributed by atoms with Crippen LogP contribution in [0.3, 0.4) is 0 Å². The average molecular weight is 256 g/mol. The van der Waals surface area contributed by atoms with E-state index >= 15 is 0 Å². The zero-order valence-corrected chi connectivity index (χ0v) is 12.3. The molecule has 0 radical (unpaired) electrons. The number of fused-ring (bicyclic) bond motifs is 1. The Hall–Kier alpha value is -1.28. The molecule has 0 amide bonds. The summed E-state index contributed by atoms with van der Waals surface area (Å²) in [5.41, 5.74) is 6.91. The Balaban J connectivity index is 1.99. The van der Waals surface area contributed by atoms with Crippen molar-refractivity contribution in [2.24, 2.45) is 0 Å². The highest BCUT2D eigenvalue weighted by Gasteiger charge is 2.17. The van der Waals surface area contributed by atoms with Crippen LogP contribution in [0.4, 0.5) is 0 Å². The molecule has 0 aliphatic carbocycles. The maximum absolute atomic E-state index is 3.66. The molecule has 1 atom stereocenters. The summed E-state index contributed by atoms with van der Waals surface area (Å²) < 4.78 is 0. The minimum absolute atomic E-state index is 0.660. The molecule has 1 aliphatic rings. The Labute approximate surface area is 115 Å². The molecule has 2 heteroatoms. The van der Waals surface area contributed by atoms with E-state index in [0.717, 1.165) is 6.42 Å². The topological polar surface area (TPSA) is 27.8 Å². The maximum atomic E-state index is 3.66. The van der Waals surface area contributed by atoms with Crippen LogP contribution in [-0.4, -0.2) is 17.6 Å². The Morgan fingerprint density at radius 3 is 2.74 bits per heavy atom. The van der Waals surface area contributed by atoms with Gasteiger partial charge in [-0.3, -0.25) is 0 Å². The first kappa shape index (κ1) is 12.7. The summed E-state index contributed by atoms with van der Waals surface area (Å²) in [7, 11) is 0. The highest BCUT2D eigenvalue weighted by atomic mass is 14.9. The summed E-state index contributed by atoms with van der Waals surface area (Å²) in [6, 6.07) is 5.26. The van der Waals surface area contributed by atoms with Crippen LogP contribution in [-0.2, 0) is 6.42 Å². The van der Waals surface area contributed by atoms with Gasteiger partial charge < -0.3 is 10.3 Å². The lowest BCUT2D eigenvalue weighted by atomic mass is 9.95. The number of hydrogen-bond acceptors (Lipinski definition) is 1. The fraction of sp³-hybridized carbons (Fsp3) is 0.529. The van der Waals surface area contributed by atoms with Crippen molar-refractivity contribution >= 4 is 10.9 Å². The first-order valence-electron chi connectivity index (χ1n) is 7.47. The van der Waals surface area contributed by atoms with Gasteiger partial charge in [0.25, 0.3) is 0 Å². The Morgan fingerprint density at radius 1 is 1.16 bits per heavy atom. The molecule has 3 rings (SSSR count). The van der Waals surface area contributed by atoms with Crippen molar-refractivity contribution in [2.75, 3.05) is 6.54 Å². The lowest BCUT2D eigenvalue weighted by Crippen LogP contribution is -2.35. The number of aromatic amines is 1. The molecule has 102 valence electrons. The molecule has 1 aromatic carbocycles. The highest BCUT2D eigenvalue weighted by Crippen LogP contribution is 2.28. The molecular formula is C17H24N2. The van der Waals surface area contributed by atoms with Crippen LogP contribution in [0.5, 0.6) is 0 Å². The molecule has 2 heterocycles. The zero-order chi connectivity index (χ0) is 13.4. The number of piperidine rings is 1. The van der Waals surface area contributed by atoms with Crippen molar-refractivity contribution in [2.45, 2.75) is 52.5 Å². The van der Waals surface area contributed by atoms with Gasteiger partial charge >= 0.3 is 0 Å². The van der Waals surface area contributed by atoms with E-state index in [1.165, 1.54) is 59.1 Å². The van der Waals surface area contributed by atoms with Crippen molar-refractivity contribution in [1.82, 2.24) is 10.3 Å². The van der Waals surface area contributed by atoms with Gasteiger partial charge in [-0.1, -0.05) is 18.1 Å². The molecule has 1 saturated heterocycles. The monoisotopic (exact) mass is 256 g/mol. The molecule has 19 heavy (non-hydrogen) atoms. The molecule has 2 aromatic rings. The predicted octanol–water partition coefficient (Wildman–Crippen LogP) is 3.78. The Kier molecular flexibility index (Phi) is 3.36. The quantitative estimate of drug-likeness (QED) is 0.841. The molecule has 1 unspecified atom stereocenters. The van der Waals surface area contributed by atoms with Gasteiger partial charge in [0.1, 0.15) is 0 Å². The van der Waals surface area contributed by atoms with E-state index in [1.54, 1.807) is 0 Å². The minimum atomic E-state index is 0.660. The largest absolute Gasteiger partial charge is 0.358 e. The summed E-state index contributed by atoms with van der Waals surface area (Å²) in [6.07, 6.45) is 5.18. The number of aryl methyl sites for hydroxylation is 3. The molecular weight excluding hydrogens is 232 g/mol. The molecule has 1 aliphatic heterocycles. The third-order valence-electron chi connectivity index (χ3n) is 4.43. The number of rotatable bonds is 2. The fourth-order valence-corrected chi connectivity index (χ4v) is 3.44. The molecule has 1 aromatic heterocycles. The number of hydrogen-bond donors (Lipinski definition) is 2. The molecule has 1 fully saturated rings. The summed E-state index contributed by atoms with van der Waals surface area (Å²) in [6.45, 7) is 7.79. The summed E-state index contributed by atoms with van der Waals surface area (Å²) in [5.74, 6) is 0. The molecule has 2 nitrogen and oxygen atoms in total. The first-order chi connectivity index (χ1) is 9.15. The summed E-state index contributed by atoms with van der Waals surface area (Å²) in [5, 5.41) is 5.10. The van der Waals surface area contributed by atoms with Crippen molar-refractivity contribution < 1.29 is 0 Å². The van der Waals surface area contributed by atoms with Crippen molar-refractivity contribution in [3.05, 3.63) is 34.5 Å². The van der Waals surface area contributed by atoms with Crippen molar-refractivity contribution in [3.8, 4) is 0 Å². The normalized spacial score (nSPS) is 20.1. The van der Waals surface area contributed by atoms with Gasteiger partial charge in [-0.25, -0.2) is 0 Å². The number of nitrogens with one attached hydrogen (secondary N) is 2. The van der Waals surface area contributed by atoms with Crippen molar-refractivity contribution in [1.29, 1.82) is 0 Å². The van der Waals surface area contributed by atoms with Crippen LogP contribution < -0.4 is 5.32 Å². The number of aromatic nitrogens is 1. The van der Waals surface area contributed by atoms with Crippen LogP contribution >= 0.6 is 0 Å². The van der Waals surface area contributed by atoms with Gasteiger partial charge in [-0.05, 0) is 63.8 Å². The van der Waals surface area contributed by atoms with Gasteiger partial charge in [-0.2, -0.15) is 0 Å². The van der Waals surface area contributed by atoms with E-state index in [0.29, 0.717) is 6.04 Å². The molecule has 2 N–H and O–H groups in total. The van der Waals surface area contributed by atoms with E-state index in [9.17, 15) is 0 Å². The lowest BCUT2D eigenvalue weighted by molar-refractivity contribution is 0.399. The van der Waals surface area contributed by atoms with Gasteiger partial charge in [-0.15, -0.1) is 0 Å². The number of H-pyrrole nitrogens is 1. The third-order valence-corrected chi connectivity index (χ3v) is 4.43. The second kappa shape index (κ2) is 5.01. The van der Waals surface area contributed by atoms with Crippen LogP contribution in [0.15, 0.2) is 12.1 Å². The first-order valence-corrected chi connectivity index (χ1v) is 7.47. The van der Waals surface area contributed by atoms with Gasteiger partial charge in [0, 0.05) is 22.6 Å². The third kappa shape index (κ3) is 2.42. The fourth-order valence-electron chi connectivity index (χ4n) is 3.44. The van der Waals surface area contributed by atoms with E-state index in [4.69, 9.17) is 0 Å². The Bertz CT molecular complexity index is 589. The zero-order valence-electron chi connectivity index (χ0n) is 12.3. The molecule has 0 spiro atoms. The second-order valence-electron chi connectivity index (χ2n) is 6.08. The summed E-state index contributed by atoms with van der Waals surface area (Å²) in [4.78, 5) is 3.58. The predicted molar refractivity (Wildman–Crippen MR) is 81.9 cm³/mol. The smallest absolute Gasteiger partial charge is 0.0488 e. The van der Waals surface area contributed by atoms with Crippen LogP contribution in [0, 0.1) is 20.8 Å². The van der Waals surface area contributed by atoms with Gasteiger partial charge in [0.15, 0.2) is 0 Å². The van der Waals surface area contributed by atoms with E-state index in [2.05, 4.69) is 43.2 Å². The van der Waals surface area contributed by atoms with Gasteiger partial charge in [0.2, 0.25) is 0 Å². The standard InChI is InChI=1S/C17H24N2/c1-11-8-12(2)17-16(9-11)15(13(3)19-17)10-14-6-4-5-7-18-14/h8-9,14,18-19H,4-7,10H2,1-3H3. The van der Waals surface area contributed by atoms with E-state index in [-0.39, 0.29) is 0 Å². The van der Waals surface area contributed by atoms with Crippen LogP contribution in [0.25, 0.3) is 10.9 Å². The highest BCUT2D eigenvalue weighted by molar-refractivity contribution is 5.88. The minimum Gasteiger partial charge on any atom is -0.358 e. The van der Waals surface area contributed by atoms with Gasteiger partial charge in [0.05, 0.1) is 0 Å².